The van der Waals surface area contributed by atoms with Crippen molar-refractivity contribution in [3.05, 3.63) is 63.3 Å². The maximum absolute atomic E-state index is 12.9. The number of benzene rings is 1. The average Bonchev–Trinajstić information content (AvgIpc) is 3.54. The summed E-state index contributed by atoms with van der Waals surface area (Å²) in [5.41, 5.74) is 1.71. The molecule has 0 aliphatic heterocycles. The minimum atomic E-state index is -0.111. The number of aromatic amines is 1. The molecule has 32 heavy (non-hydrogen) atoms. The maximum Gasteiger partial charge on any atom is 0.260 e. The fourth-order valence-corrected chi connectivity index (χ4v) is 6.85. The third-order valence-electron chi connectivity index (χ3n) is 4.64. The molecule has 7 nitrogen and oxygen atoms in total. The SMILES string of the molecule is COc1cccc(Nc2nnc(SC(C)c3nc4scc(-c5cccs5)c4c(=O)[nH]3)s2)c1. The van der Waals surface area contributed by atoms with Crippen molar-refractivity contribution in [2.75, 3.05) is 12.4 Å². The zero-order valence-electron chi connectivity index (χ0n) is 17.0. The van der Waals surface area contributed by atoms with Crippen LogP contribution in [0.5, 0.6) is 5.75 Å². The number of thioether (sulfide) groups is 1. The quantitative estimate of drug-likeness (QED) is 0.259. The van der Waals surface area contributed by atoms with E-state index in [2.05, 4.69) is 20.5 Å². The van der Waals surface area contributed by atoms with Gasteiger partial charge in [-0.15, -0.1) is 32.9 Å². The largest absolute Gasteiger partial charge is 0.497 e. The number of thiophene rings is 2. The number of H-pyrrole nitrogens is 1. The van der Waals surface area contributed by atoms with Crippen molar-refractivity contribution in [2.24, 2.45) is 0 Å². The summed E-state index contributed by atoms with van der Waals surface area (Å²) < 4.78 is 6.04. The van der Waals surface area contributed by atoms with Crippen molar-refractivity contribution in [1.82, 2.24) is 20.2 Å². The third kappa shape index (κ3) is 4.29. The van der Waals surface area contributed by atoms with Gasteiger partial charge < -0.3 is 15.0 Å². The van der Waals surface area contributed by atoms with Gasteiger partial charge in [-0.25, -0.2) is 4.98 Å². The van der Waals surface area contributed by atoms with Crippen LogP contribution in [-0.4, -0.2) is 27.3 Å². The highest BCUT2D eigenvalue weighted by molar-refractivity contribution is 8.01. The summed E-state index contributed by atoms with van der Waals surface area (Å²) in [6.45, 7) is 2.00. The zero-order valence-corrected chi connectivity index (χ0v) is 20.3. The molecule has 1 atom stereocenters. The fraction of sp³-hybridized carbons (Fsp3) is 0.143. The molecule has 1 aromatic carbocycles. The number of fused-ring (bicyclic) bond motifs is 1. The monoisotopic (exact) mass is 499 g/mol. The van der Waals surface area contributed by atoms with Gasteiger partial charge in [0.2, 0.25) is 5.13 Å². The molecule has 2 N–H and O–H groups in total. The molecule has 0 saturated carbocycles. The summed E-state index contributed by atoms with van der Waals surface area (Å²) in [6, 6.07) is 11.6. The molecule has 0 spiro atoms. The highest BCUT2D eigenvalue weighted by Crippen LogP contribution is 2.38. The standard InChI is InChI=1S/C21H17N5O2S4/c1-11(31-21-26-25-20(32-21)22-12-5-3-6-13(9-12)28-2)17-23-18(27)16-14(10-30-19(16)24-17)15-7-4-8-29-15/h3-11H,1-2H3,(H,22,25)(H,23,24,27). The molecular formula is C21H17N5O2S4. The lowest BCUT2D eigenvalue weighted by atomic mass is 10.2. The van der Waals surface area contributed by atoms with Gasteiger partial charge in [-0.1, -0.05) is 35.2 Å². The van der Waals surface area contributed by atoms with Gasteiger partial charge in [-0.3, -0.25) is 4.79 Å². The van der Waals surface area contributed by atoms with Crippen LogP contribution >= 0.6 is 45.8 Å². The van der Waals surface area contributed by atoms with Crippen LogP contribution < -0.4 is 15.6 Å². The predicted octanol–water partition coefficient (Wildman–Crippen LogP) is 6.17. The van der Waals surface area contributed by atoms with E-state index < -0.39 is 0 Å². The number of nitrogens with zero attached hydrogens (tertiary/aromatic N) is 3. The summed E-state index contributed by atoms with van der Waals surface area (Å²) in [6.07, 6.45) is 0. The molecule has 0 saturated heterocycles. The molecule has 0 amide bonds. The Morgan fingerprint density at radius 2 is 2.09 bits per heavy atom. The van der Waals surface area contributed by atoms with Gasteiger partial charge in [0.1, 0.15) is 16.4 Å². The molecule has 0 aliphatic carbocycles. The van der Waals surface area contributed by atoms with Gasteiger partial charge >= 0.3 is 0 Å². The molecule has 0 fully saturated rings. The second kappa shape index (κ2) is 9.02. The lowest BCUT2D eigenvalue weighted by Gasteiger charge is -2.08. The number of methoxy groups -OCH3 is 1. The highest BCUT2D eigenvalue weighted by atomic mass is 32.2. The van der Waals surface area contributed by atoms with E-state index in [1.54, 1.807) is 18.4 Å². The molecule has 162 valence electrons. The normalized spacial score (nSPS) is 12.2. The van der Waals surface area contributed by atoms with Crippen molar-refractivity contribution >= 4 is 66.8 Å². The van der Waals surface area contributed by atoms with Crippen LogP contribution in [0.2, 0.25) is 0 Å². The molecule has 0 radical (unpaired) electrons. The van der Waals surface area contributed by atoms with E-state index in [9.17, 15) is 4.79 Å². The van der Waals surface area contributed by atoms with E-state index in [1.165, 1.54) is 34.4 Å². The lowest BCUT2D eigenvalue weighted by molar-refractivity contribution is 0.415. The number of hydrogen-bond acceptors (Lipinski definition) is 10. The molecule has 11 heteroatoms. The van der Waals surface area contributed by atoms with Crippen molar-refractivity contribution in [2.45, 2.75) is 16.5 Å². The predicted molar refractivity (Wildman–Crippen MR) is 134 cm³/mol. The van der Waals surface area contributed by atoms with Crippen molar-refractivity contribution in [3.8, 4) is 16.2 Å². The Labute approximate surface area is 199 Å². The van der Waals surface area contributed by atoms with Crippen LogP contribution in [0.3, 0.4) is 0 Å². The number of hydrogen-bond donors (Lipinski definition) is 2. The Hall–Kier alpha value is -2.73. The first-order valence-corrected chi connectivity index (χ1v) is 13.0. The van der Waals surface area contributed by atoms with Crippen molar-refractivity contribution in [1.29, 1.82) is 0 Å². The topological polar surface area (TPSA) is 92.8 Å². The molecule has 0 bridgehead atoms. The molecule has 5 aromatic rings. The summed E-state index contributed by atoms with van der Waals surface area (Å²) >= 11 is 6.07. The summed E-state index contributed by atoms with van der Waals surface area (Å²) in [7, 11) is 1.63. The van der Waals surface area contributed by atoms with Gasteiger partial charge in [-0.05, 0) is 30.5 Å². The molecule has 1 unspecified atom stereocenters. The average molecular weight is 500 g/mol. The fourth-order valence-electron chi connectivity index (χ4n) is 3.11. The Morgan fingerprint density at radius 1 is 1.19 bits per heavy atom. The van der Waals surface area contributed by atoms with E-state index in [0.29, 0.717) is 16.3 Å². The van der Waals surface area contributed by atoms with E-state index in [-0.39, 0.29) is 10.8 Å². The van der Waals surface area contributed by atoms with Crippen LogP contribution in [0.4, 0.5) is 10.8 Å². The smallest absolute Gasteiger partial charge is 0.260 e. The van der Waals surface area contributed by atoms with Crippen LogP contribution in [0.1, 0.15) is 18.0 Å². The van der Waals surface area contributed by atoms with Gasteiger partial charge in [0, 0.05) is 27.6 Å². The highest BCUT2D eigenvalue weighted by Gasteiger charge is 2.18. The molecule has 0 aliphatic rings. The van der Waals surface area contributed by atoms with E-state index >= 15 is 0 Å². The van der Waals surface area contributed by atoms with Gasteiger partial charge in [0.25, 0.3) is 5.56 Å². The first kappa shape index (κ1) is 21.1. The van der Waals surface area contributed by atoms with E-state index in [0.717, 1.165) is 31.0 Å². The molecule has 4 heterocycles. The summed E-state index contributed by atoms with van der Waals surface area (Å²) in [5, 5.41) is 17.0. The van der Waals surface area contributed by atoms with Gasteiger partial charge in [-0.2, -0.15) is 0 Å². The molecular weight excluding hydrogens is 483 g/mol. The van der Waals surface area contributed by atoms with Crippen LogP contribution in [0.25, 0.3) is 20.7 Å². The zero-order chi connectivity index (χ0) is 22.1. The van der Waals surface area contributed by atoms with E-state index in [1.807, 2.05) is 54.1 Å². The first-order chi connectivity index (χ1) is 15.6. The number of aromatic nitrogens is 4. The first-order valence-electron chi connectivity index (χ1n) is 9.57. The van der Waals surface area contributed by atoms with Gasteiger partial charge in [0.05, 0.1) is 17.7 Å². The number of nitrogens with one attached hydrogen (secondary N) is 2. The Kier molecular flexibility index (Phi) is 5.96. The number of ether oxygens (including phenoxy) is 1. The molecule has 4 aromatic heterocycles. The minimum absolute atomic E-state index is 0.0861. The maximum atomic E-state index is 12.9. The van der Waals surface area contributed by atoms with Crippen molar-refractivity contribution in [3.63, 3.8) is 0 Å². The van der Waals surface area contributed by atoms with Crippen LogP contribution in [0, 0.1) is 0 Å². The lowest BCUT2D eigenvalue weighted by Crippen LogP contribution is -2.12. The van der Waals surface area contributed by atoms with Crippen LogP contribution in [-0.2, 0) is 0 Å². The Bertz CT molecular complexity index is 1420. The van der Waals surface area contributed by atoms with Gasteiger partial charge in [0.15, 0.2) is 4.34 Å². The summed E-state index contributed by atoms with van der Waals surface area (Å²) in [4.78, 5) is 22.4. The number of anilines is 2. The second-order valence-corrected chi connectivity index (χ2v) is 11.1. The van der Waals surface area contributed by atoms with Crippen LogP contribution in [0.15, 0.2) is 56.3 Å². The van der Waals surface area contributed by atoms with Crippen molar-refractivity contribution < 1.29 is 4.74 Å². The summed E-state index contributed by atoms with van der Waals surface area (Å²) in [5.74, 6) is 1.40. The number of rotatable bonds is 7. The third-order valence-corrected chi connectivity index (χ3v) is 8.45. The van der Waals surface area contributed by atoms with E-state index in [4.69, 9.17) is 9.72 Å². The Balaban J connectivity index is 1.34. The molecule has 5 rings (SSSR count). The second-order valence-electron chi connectivity index (χ2n) is 6.75. The Morgan fingerprint density at radius 3 is 2.91 bits per heavy atom. The minimum Gasteiger partial charge on any atom is -0.497 e.